The number of alkyl halides is 3. The zero-order valence-corrected chi connectivity index (χ0v) is 14.7. The summed E-state index contributed by atoms with van der Waals surface area (Å²) >= 11 is 6.80. The molecule has 4 N–H and O–H groups in total. The molecule has 1 unspecified atom stereocenters. The van der Waals surface area contributed by atoms with Crippen LogP contribution in [0.5, 0.6) is 0 Å². The van der Waals surface area contributed by atoms with Crippen molar-refractivity contribution in [1.29, 1.82) is 0 Å². The van der Waals surface area contributed by atoms with Gasteiger partial charge in [-0.05, 0) is 6.26 Å². The summed E-state index contributed by atoms with van der Waals surface area (Å²) in [4.78, 5) is 48.6. The number of hydrogen-bond donors (Lipinski definition) is 4. The molecule has 0 fully saturated rings. The average Bonchev–Trinajstić information content (AvgIpc) is 2.53. The molecule has 150 valence electrons. The number of hydrogen-bond acceptors (Lipinski definition) is 7. The number of carboxylic acid groups (broad SMARTS) is 3. The molecule has 1 aromatic rings. The van der Waals surface area contributed by atoms with Gasteiger partial charge >= 0.3 is 30.0 Å². The summed E-state index contributed by atoms with van der Waals surface area (Å²) < 4.78 is 35.0. The minimum absolute atomic E-state index is 0.0558. The van der Waals surface area contributed by atoms with Crippen molar-refractivity contribution in [2.75, 3.05) is 6.26 Å². The SMILES string of the molecule is CSc1ncc(Cl)c(C(=O)O)n1.O=C(O)CC(NC(=O)C(F)(F)F)C(=O)O. The minimum atomic E-state index is -5.24. The number of aliphatic carboxylic acids is 2. The highest BCUT2D eigenvalue weighted by Crippen LogP contribution is 2.16. The third-order valence-corrected chi connectivity index (χ3v) is 3.19. The molecular formula is C12H11ClF3N3O7S. The van der Waals surface area contributed by atoms with E-state index >= 15 is 0 Å². The first-order valence-electron chi connectivity index (χ1n) is 6.41. The highest BCUT2D eigenvalue weighted by atomic mass is 35.5. The minimum Gasteiger partial charge on any atom is -0.481 e. The van der Waals surface area contributed by atoms with Gasteiger partial charge in [-0.3, -0.25) is 9.59 Å². The van der Waals surface area contributed by atoms with Crippen LogP contribution in [0.3, 0.4) is 0 Å². The topological polar surface area (TPSA) is 167 Å². The van der Waals surface area contributed by atoms with Crippen molar-refractivity contribution in [3.8, 4) is 0 Å². The second kappa shape index (κ2) is 10.5. The fourth-order valence-electron chi connectivity index (χ4n) is 1.21. The summed E-state index contributed by atoms with van der Waals surface area (Å²) in [6.45, 7) is 0. The van der Waals surface area contributed by atoms with Gasteiger partial charge < -0.3 is 20.6 Å². The number of aromatic carboxylic acids is 1. The van der Waals surface area contributed by atoms with E-state index in [2.05, 4.69) is 9.97 Å². The van der Waals surface area contributed by atoms with Crippen LogP contribution in [0, 0.1) is 0 Å². The van der Waals surface area contributed by atoms with Crippen LogP contribution in [-0.2, 0) is 14.4 Å². The number of nitrogens with zero attached hydrogens (tertiary/aromatic N) is 2. The first-order valence-corrected chi connectivity index (χ1v) is 8.02. The second-order valence-corrected chi connectivity index (χ2v) is 5.50. The summed E-state index contributed by atoms with van der Waals surface area (Å²) in [5.74, 6) is -7.12. The van der Waals surface area contributed by atoms with E-state index in [0.29, 0.717) is 5.16 Å². The Kier molecular flexibility index (Phi) is 9.50. The van der Waals surface area contributed by atoms with Crippen LogP contribution >= 0.6 is 23.4 Å². The van der Waals surface area contributed by atoms with E-state index in [4.69, 9.17) is 26.9 Å². The number of rotatable bonds is 6. The number of carboxylic acids is 3. The Labute approximate surface area is 157 Å². The van der Waals surface area contributed by atoms with Gasteiger partial charge in [0.2, 0.25) is 0 Å². The van der Waals surface area contributed by atoms with Crippen molar-refractivity contribution in [1.82, 2.24) is 15.3 Å². The lowest BCUT2D eigenvalue weighted by atomic mass is 10.2. The monoisotopic (exact) mass is 433 g/mol. The number of carbonyl (C=O) groups excluding carboxylic acids is 1. The lowest BCUT2D eigenvalue weighted by molar-refractivity contribution is -0.175. The van der Waals surface area contributed by atoms with E-state index in [9.17, 15) is 32.3 Å². The van der Waals surface area contributed by atoms with Gasteiger partial charge in [0.1, 0.15) is 6.04 Å². The van der Waals surface area contributed by atoms with Crippen LogP contribution in [0.1, 0.15) is 16.9 Å². The molecule has 0 bridgehead atoms. The lowest BCUT2D eigenvalue weighted by Crippen LogP contribution is -2.47. The van der Waals surface area contributed by atoms with Crippen LogP contribution in [-0.4, -0.2) is 67.6 Å². The summed E-state index contributed by atoms with van der Waals surface area (Å²) in [6, 6.07) is -2.10. The molecule has 1 atom stereocenters. The van der Waals surface area contributed by atoms with Gasteiger partial charge in [-0.1, -0.05) is 23.4 Å². The fraction of sp³-hybridized carbons (Fsp3) is 0.333. The molecule has 1 heterocycles. The Morgan fingerprint density at radius 3 is 2.19 bits per heavy atom. The van der Waals surface area contributed by atoms with Gasteiger partial charge in [0.25, 0.3) is 0 Å². The Hall–Kier alpha value is -2.61. The third kappa shape index (κ3) is 9.05. The van der Waals surface area contributed by atoms with Crippen LogP contribution in [0.25, 0.3) is 0 Å². The van der Waals surface area contributed by atoms with Crippen molar-refractivity contribution >= 4 is 47.2 Å². The summed E-state index contributed by atoms with van der Waals surface area (Å²) in [6.07, 6.45) is -3.33. The predicted molar refractivity (Wildman–Crippen MR) is 83.7 cm³/mol. The third-order valence-electron chi connectivity index (χ3n) is 2.35. The number of thioether (sulfide) groups is 1. The van der Waals surface area contributed by atoms with Crippen LogP contribution in [0.15, 0.2) is 11.4 Å². The summed E-state index contributed by atoms with van der Waals surface area (Å²) in [5.41, 5.74) is -0.156. The maximum atomic E-state index is 11.7. The zero-order chi connectivity index (χ0) is 21.4. The van der Waals surface area contributed by atoms with Crippen molar-refractivity contribution in [2.24, 2.45) is 0 Å². The normalized spacial score (nSPS) is 11.6. The van der Waals surface area contributed by atoms with Crippen LogP contribution in [0.2, 0.25) is 5.02 Å². The van der Waals surface area contributed by atoms with Crippen molar-refractivity contribution in [3.63, 3.8) is 0 Å². The van der Waals surface area contributed by atoms with Gasteiger partial charge in [0.05, 0.1) is 17.6 Å². The van der Waals surface area contributed by atoms with E-state index < -0.39 is 42.5 Å². The van der Waals surface area contributed by atoms with Gasteiger partial charge in [-0.15, -0.1) is 0 Å². The molecule has 0 saturated heterocycles. The maximum Gasteiger partial charge on any atom is 0.471 e. The van der Waals surface area contributed by atoms with Gasteiger partial charge in [-0.2, -0.15) is 13.2 Å². The predicted octanol–water partition coefficient (Wildman–Crippen LogP) is 1.14. The fourth-order valence-corrected chi connectivity index (χ4v) is 1.73. The standard InChI is InChI=1S/C6H5ClN2O2S.C6H6F3NO5/c1-12-6-8-2-3(7)4(9-6)5(10)11;7-6(8,9)5(15)10-2(4(13)14)1-3(11)12/h2H,1H3,(H,10,11);2H,1H2,(H,10,15)(H,11,12)(H,13,14). The molecule has 0 radical (unpaired) electrons. The molecule has 0 aliphatic carbocycles. The first-order chi connectivity index (χ1) is 12.3. The number of amides is 1. The van der Waals surface area contributed by atoms with E-state index in [1.54, 1.807) is 6.26 Å². The number of aromatic nitrogens is 2. The molecule has 1 aromatic heterocycles. The quantitative estimate of drug-likeness (QED) is 0.377. The molecule has 1 amide bonds. The van der Waals surface area contributed by atoms with E-state index in [0.717, 1.165) is 5.32 Å². The van der Waals surface area contributed by atoms with Crippen molar-refractivity contribution < 1.29 is 47.7 Å². The largest absolute Gasteiger partial charge is 0.481 e. The van der Waals surface area contributed by atoms with Gasteiger partial charge in [0.15, 0.2) is 10.9 Å². The molecule has 0 aliphatic heterocycles. The highest BCUT2D eigenvalue weighted by molar-refractivity contribution is 7.98. The molecule has 0 aromatic carbocycles. The molecule has 27 heavy (non-hydrogen) atoms. The average molecular weight is 434 g/mol. The summed E-state index contributed by atoms with van der Waals surface area (Å²) in [7, 11) is 0. The van der Waals surface area contributed by atoms with Crippen LogP contribution < -0.4 is 5.32 Å². The number of carbonyl (C=O) groups is 4. The molecule has 0 aliphatic rings. The Morgan fingerprint density at radius 1 is 1.26 bits per heavy atom. The molecule has 1 rings (SSSR count). The molecule has 10 nitrogen and oxygen atoms in total. The van der Waals surface area contributed by atoms with Crippen molar-refractivity contribution in [2.45, 2.75) is 23.8 Å². The molecular weight excluding hydrogens is 423 g/mol. The first kappa shape index (κ1) is 24.4. The maximum absolute atomic E-state index is 11.7. The van der Waals surface area contributed by atoms with Crippen LogP contribution in [0.4, 0.5) is 13.2 Å². The van der Waals surface area contributed by atoms with Crippen molar-refractivity contribution in [3.05, 3.63) is 16.9 Å². The Morgan fingerprint density at radius 2 is 1.81 bits per heavy atom. The molecule has 15 heteroatoms. The van der Waals surface area contributed by atoms with E-state index in [-0.39, 0.29) is 10.7 Å². The van der Waals surface area contributed by atoms with Gasteiger partial charge in [-0.25, -0.2) is 19.6 Å². The van der Waals surface area contributed by atoms with Gasteiger partial charge in [0, 0.05) is 0 Å². The smallest absolute Gasteiger partial charge is 0.471 e. The number of halogens is 4. The lowest BCUT2D eigenvalue weighted by Gasteiger charge is -2.13. The van der Waals surface area contributed by atoms with E-state index in [1.165, 1.54) is 18.0 Å². The Balaban J connectivity index is 0.000000511. The second-order valence-electron chi connectivity index (χ2n) is 4.32. The number of nitrogens with one attached hydrogen (secondary N) is 1. The van der Waals surface area contributed by atoms with E-state index in [1.807, 2.05) is 0 Å². The zero-order valence-electron chi connectivity index (χ0n) is 13.2. The summed E-state index contributed by atoms with van der Waals surface area (Å²) in [5, 5.41) is 26.5. The molecule has 0 saturated carbocycles. The molecule has 0 spiro atoms. The highest BCUT2D eigenvalue weighted by Gasteiger charge is 2.41. The Bertz CT molecular complexity index is 733.